The molecule has 1 aliphatic rings. The van der Waals surface area contributed by atoms with Gasteiger partial charge in [-0.3, -0.25) is 5.10 Å². The minimum atomic E-state index is 0.399. The van der Waals surface area contributed by atoms with Gasteiger partial charge in [0, 0.05) is 43.4 Å². The lowest BCUT2D eigenvalue weighted by Gasteiger charge is -2.34. The number of benzene rings is 1. The average molecular weight is 323 g/mol. The van der Waals surface area contributed by atoms with Crippen LogP contribution < -0.4 is 15.5 Å². The average Bonchev–Trinajstić information content (AvgIpc) is 3.10. The minimum absolute atomic E-state index is 0.399. The molecule has 4 rings (SSSR count). The van der Waals surface area contributed by atoms with Crippen LogP contribution in [0.3, 0.4) is 0 Å². The summed E-state index contributed by atoms with van der Waals surface area (Å²) < 4.78 is 0. The van der Waals surface area contributed by atoms with E-state index >= 15 is 0 Å². The van der Waals surface area contributed by atoms with Crippen LogP contribution in [0, 0.1) is 0 Å². The highest BCUT2D eigenvalue weighted by molar-refractivity contribution is 5.81. The molecular weight excluding hydrogens is 302 g/mol. The van der Waals surface area contributed by atoms with Gasteiger partial charge in [0.25, 0.3) is 0 Å². The standard InChI is InChI=1S/C17H21N7/c1-18-17-19-7-6-16(22-17)24-8-2-3-14(11-24)21-13-4-5-15-12(9-13)10-20-23-15/h4-7,9-10,14,21H,2-3,8,11H2,1H3,(H,20,23)(H,18,19,22). The number of rotatable bonds is 4. The molecule has 3 heterocycles. The highest BCUT2D eigenvalue weighted by atomic mass is 15.2. The van der Waals surface area contributed by atoms with E-state index in [2.05, 4.69) is 53.9 Å². The summed E-state index contributed by atoms with van der Waals surface area (Å²) in [6.07, 6.45) is 5.96. The van der Waals surface area contributed by atoms with Crippen LogP contribution in [0.25, 0.3) is 10.9 Å². The highest BCUT2D eigenvalue weighted by Gasteiger charge is 2.21. The van der Waals surface area contributed by atoms with Gasteiger partial charge in [0.2, 0.25) is 5.95 Å². The van der Waals surface area contributed by atoms with Crippen molar-refractivity contribution in [3.63, 3.8) is 0 Å². The van der Waals surface area contributed by atoms with Gasteiger partial charge in [-0.15, -0.1) is 0 Å². The predicted molar refractivity (Wildman–Crippen MR) is 96.5 cm³/mol. The third-order valence-corrected chi connectivity index (χ3v) is 4.42. The summed E-state index contributed by atoms with van der Waals surface area (Å²) in [4.78, 5) is 11.1. The molecule has 0 spiro atoms. The maximum Gasteiger partial charge on any atom is 0.224 e. The first-order valence-electron chi connectivity index (χ1n) is 8.27. The Morgan fingerprint density at radius 2 is 2.25 bits per heavy atom. The summed E-state index contributed by atoms with van der Waals surface area (Å²) >= 11 is 0. The minimum Gasteiger partial charge on any atom is -0.381 e. The first-order chi connectivity index (χ1) is 11.8. The number of aromatic amines is 1. The molecule has 7 heteroatoms. The smallest absolute Gasteiger partial charge is 0.224 e. The van der Waals surface area contributed by atoms with Gasteiger partial charge >= 0.3 is 0 Å². The number of hydrogen-bond acceptors (Lipinski definition) is 6. The maximum absolute atomic E-state index is 4.55. The van der Waals surface area contributed by atoms with Crippen LogP contribution in [0.5, 0.6) is 0 Å². The molecule has 7 nitrogen and oxygen atoms in total. The van der Waals surface area contributed by atoms with E-state index in [0.29, 0.717) is 12.0 Å². The second-order valence-corrected chi connectivity index (χ2v) is 6.09. The van der Waals surface area contributed by atoms with E-state index in [9.17, 15) is 0 Å². The third-order valence-electron chi connectivity index (χ3n) is 4.42. The summed E-state index contributed by atoms with van der Waals surface area (Å²) in [6.45, 7) is 1.96. The lowest BCUT2D eigenvalue weighted by molar-refractivity contribution is 0.527. The summed E-state index contributed by atoms with van der Waals surface area (Å²) in [5, 5.41) is 14.8. The lowest BCUT2D eigenvalue weighted by atomic mass is 10.1. The summed E-state index contributed by atoms with van der Waals surface area (Å²) in [5.41, 5.74) is 2.20. The first kappa shape index (κ1) is 14.7. The van der Waals surface area contributed by atoms with Crippen molar-refractivity contribution in [2.24, 2.45) is 0 Å². The molecule has 1 fully saturated rings. The fraction of sp³-hybridized carbons (Fsp3) is 0.353. The third kappa shape index (κ3) is 2.97. The zero-order chi connectivity index (χ0) is 16.4. The Labute approximate surface area is 140 Å². The van der Waals surface area contributed by atoms with Gasteiger partial charge in [-0.2, -0.15) is 10.1 Å². The van der Waals surface area contributed by atoms with Crippen LogP contribution in [0.1, 0.15) is 12.8 Å². The molecule has 0 saturated carbocycles. The molecule has 1 atom stereocenters. The van der Waals surface area contributed by atoms with E-state index in [1.165, 1.54) is 0 Å². The van der Waals surface area contributed by atoms with E-state index in [1.54, 1.807) is 6.20 Å². The van der Waals surface area contributed by atoms with E-state index < -0.39 is 0 Å². The Balaban J connectivity index is 1.47. The van der Waals surface area contributed by atoms with Gasteiger partial charge < -0.3 is 15.5 Å². The quantitative estimate of drug-likeness (QED) is 0.684. The van der Waals surface area contributed by atoms with Crippen molar-refractivity contribution in [1.82, 2.24) is 20.2 Å². The molecule has 3 N–H and O–H groups in total. The number of hydrogen-bond donors (Lipinski definition) is 3. The van der Waals surface area contributed by atoms with Crippen molar-refractivity contribution >= 4 is 28.4 Å². The van der Waals surface area contributed by atoms with Gasteiger partial charge in [-0.05, 0) is 37.1 Å². The number of H-pyrrole nitrogens is 1. The van der Waals surface area contributed by atoms with Gasteiger partial charge in [-0.1, -0.05) is 0 Å². The molecule has 1 unspecified atom stereocenters. The molecule has 1 aromatic carbocycles. The first-order valence-corrected chi connectivity index (χ1v) is 8.27. The highest BCUT2D eigenvalue weighted by Crippen LogP contribution is 2.23. The second-order valence-electron chi connectivity index (χ2n) is 6.09. The van der Waals surface area contributed by atoms with Crippen LogP contribution in [0.15, 0.2) is 36.7 Å². The Hall–Kier alpha value is -2.83. The predicted octanol–water partition coefficient (Wildman–Crippen LogP) is 2.48. The molecule has 0 radical (unpaired) electrons. The Kier molecular flexibility index (Phi) is 3.90. The van der Waals surface area contributed by atoms with Crippen LogP contribution in [-0.2, 0) is 0 Å². The molecule has 0 aliphatic carbocycles. The molecule has 2 aromatic heterocycles. The maximum atomic E-state index is 4.55. The lowest BCUT2D eigenvalue weighted by Crippen LogP contribution is -2.42. The second kappa shape index (κ2) is 6.35. The van der Waals surface area contributed by atoms with Gasteiger partial charge in [0.1, 0.15) is 5.82 Å². The Morgan fingerprint density at radius 3 is 3.17 bits per heavy atom. The summed E-state index contributed by atoms with van der Waals surface area (Å²) in [6, 6.07) is 8.68. The van der Waals surface area contributed by atoms with E-state index in [-0.39, 0.29) is 0 Å². The molecule has 0 bridgehead atoms. The molecule has 1 aliphatic heterocycles. The summed E-state index contributed by atoms with van der Waals surface area (Å²) in [7, 11) is 1.84. The molecule has 24 heavy (non-hydrogen) atoms. The van der Waals surface area contributed by atoms with E-state index in [4.69, 9.17) is 0 Å². The molecule has 0 amide bonds. The number of aromatic nitrogens is 4. The van der Waals surface area contributed by atoms with Crippen LogP contribution in [-0.4, -0.2) is 46.3 Å². The van der Waals surface area contributed by atoms with Crippen molar-refractivity contribution in [1.29, 1.82) is 0 Å². The monoisotopic (exact) mass is 323 g/mol. The number of fused-ring (bicyclic) bond motifs is 1. The Morgan fingerprint density at radius 1 is 1.29 bits per heavy atom. The van der Waals surface area contributed by atoms with Crippen molar-refractivity contribution < 1.29 is 0 Å². The number of nitrogens with zero attached hydrogens (tertiary/aromatic N) is 4. The van der Waals surface area contributed by atoms with Crippen molar-refractivity contribution in [2.45, 2.75) is 18.9 Å². The molecule has 124 valence electrons. The van der Waals surface area contributed by atoms with E-state index in [1.807, 2.05) is 19.3 Å². The number of nitrogens with one attached hydrogen (secondary N) is 3. The molecule has 3 aromatic rings. The van der Waals surface area contributed by atoms with Crippen molar-refractivity contribution in [3.05, 3.63) is 36.7 Å². The van der Waals surface area contributed by atoms with Gasteiger partial charge in [0.05, 0.1) is 11.7 Å². The van der Waals surface area contributed by atoms with Gasteiger partial charge in [0.15, 0.2) is 0 Å². The molecule has 1 saturated heterocycles. The summed E-state index contributed by atoms with van der Waals surface area (Å²) in [5.74, 6) is 1.64. The van der Waals surface area contributed by atoms with Gasteiger partial charge in [-0.25, -0.2) is 4.98 Å². The Bertz CT molecular complexity index is 828. The fourth-order valence-corrected chi connectivity index (χ4v) is 3.22. The fourth-order valence-electron chi connectivity index (χ4n) is 3.22. The topological polar surface area (TPSA) is 81.8 Å². The van der Waals surface area contributed by atoms with Crippen LogP contribution in [0.4, 0.5) is 17.5 Å². The zero-order valence-corrected chi connectivity index (χ0v) is 13.7. The number of piperidine rings is 1. The van der Waals surface area contributed by atoms with Crippen LogP contribution >= 0.6 is 0 Å². The SMILES string of the molecule is CNc1nccc(N2CCCC(Nc3ccc4[nH]ncc4c3)C2)n1. The molecular formula is C17H21N7. The normalized spacial score (nSPS) is 17.9. The largest absolute Gasteiger partial charge is 0.381 e. The number of anilines is 3. The van der Waals surface area contributed by atoms with Crippen LogP contribution in [0.2, 0.25) is 0 Å². The van der Waals surface area contributed by atoms with Crippen molar-refractivity contribution in [3.8, 4) is 0 Å². The van der Waals surface area contributed by atoms with E-state index in [0.717, 1.165) is 48.3 Å². The zero-order valence-electron chi connectivity index (χ0n) is 13.7. The van der Waals surface area contributed by atoms with Crippen molar-refractivity contribution in [2.75, 3.05) is 35.7 Å².